The van der Waals surface area contributed by atoms with Crippen molar-refractivity contribution < 1.29 is 0 Å². The van der Waals surface area contributed by atoms with Crippen LogP contribution in [0.4, 0.5) is 0 Å². The van der Waals surface area contributed by atoms with Crippen LogP contribution in [0.1, 0.15) is 29.8 Å². The molecule has 0 bridgehead atoms. The van der Waals surface area contributed by atoms with Gasteiger partial charge in [0.25, 0.3) is 0 Å². The minimum absolute atomic E-state index is 0.280. The average molecular weight is 401 g/mol. The molecule has 0 radical (unpaired) electrons. The second kappa shape index (κ2) is 6.87. The molecule has 2 rings (SSSR count). The number of nitrogens with zero attached hydrogens (tertiary/aromatic N) is 2. The van der Waals surface area contributed by atoms with E-state index in [1.165, 1.54) is 11.3 Å². The summed E-state index contributed by atoms with van der Waals surface area (Å²) in [6.07, 6.45) is 1.81. The van der Waals surface area contributed by atoms with Crippen molar-refractivity contribution >= 4 is 31.9 Å². The van der Waals surface area contributed by atoms with E-state index in [1.807, 2.05) is 17.8 Å². The number of aryl methyl sites for hydroxylation is 2. The summed E-state index contributed by atoms with van der Waals surface area (Å²) in [6.45, 7) is 2.73. The van der Waals surface area contributed by atoms with Gasteiger partial charge in [0, 0.05) is 17.4 Å². The quantitative estimate of drug-likeness (QED) is 0.829. The molecule has 0 saturated heterocycles. The molecule has 20 heavy (non-hydrogen) atoms. The topological polar surface area (TPSA) is 43.8 Å². The summed E-state index contributed by atoms with van der Waals surface area (Å²) in [6, 6.07) is 8.27. The van der Waals surface area contributed by atoms with Gasteiger partial charge in [0.15, 0.2) is 0 Å². The fourth-order valence-electron chi connectivity index (χ4n) is 2.40. The Morgan fingerprint density at radius 2 is 2.00 bits per heavy atom. The second-order valence-corrected chi connectivity index (χ2v) is 6.49. The lowest BCUT2D eigenvalue weighted by Gasteiger charge is -2.17. The number of benzene rings is 1. The Balaban J connectivity index is 2.32. The van der Waals surface area contributed by atoms with E-state index >= 15 is 0 Å². The largest absolute Gasteiger partial charge is 0.330 e. The molecule has 2 N–H and O–H groups in total. The van der Waals surface area contributed by atoms with Crippen molar-refractivity contribution in [2.24, 2.45) is 12.8 Å². The summed E-state index contributed by atoms with van der Waals surface area (Å²) in [5, 5.41) is 4.55. The van der Waals surface area contributed by atoms with Gasteiger partial charge in [-0.25, -0.2) is 0 Å². The zero-order chi connectivity index (χ0) is 14.7. The number of aromatic nitrogens is 2. The highest BCUT2D eigenvalue weighted by Crippen LogP contribution is 2.30. The predicted molar refractivity (Wildman–Crippen MR) is 89.9 cm³/mol. The second-order valence-electron chi connectivity index (χ2n) is 4.84. The van der Waals surface area contributed by atoms with Gasteiger partial charge < -0.3 is 5.73 Å². The molecule has 1 atom stereocenters. The minimum atomic E-state index is 0.280. The summed E-state index contributed by atoms with van der Waals surface area (Å²) in [4.78, 5) is 0. The fourth-order valence-corrected chi connectivity index (χ4v) is 3.79. The van der Waals surface area contributed by atoms with E-state index in [9.17, 15) is 0 Å². The van der Waals surface area contributed by atoms with Gasteiger partial charge in [-0.3, -0.25) is 4.68 Å². The molecule has 0 aliphatic rings. The van der Waals surface area contributed by atoms with Gasteiger partial charge >= 0.3 is 0 Å². The molecule has 5 heteroatoms. The lowest BCUT2D eigenvalue weighted by atomic mass is 9.94. The summed E-state index contributed by atoms with van der Waals surface area (Å²) >= 11 is 7.29. The molecule has 1 aromatic heterocycles. The Kier molecular flexibility index (Phi) is 5.41. The van der Waals surface area contributed by atoms with E-state index in [1.54, 1.807) is 0 Å². The van der Waals surface area contributed by atoms with Gasteiger partial charge in [-0.2, -0.15) is 5.10 Å². The smallest absolute Gasteiger partial charge is 0.0766 e. The Bertz CT molecular complexity index is 593. The molecular formula is C15H19Br2N3. The van der Waals surface area contributed by atoms with Crippen LogP contribution in [0.15, 0.2) is 33.2 Å². The number of hydrogen-bond acceptors (Lipinski definition) is 2. The molecule has 1 heterocycles. The number of rotatable bonds is 5. The highest BCUT2D eigenvalue weighted by atomic mass is 79.9. The van der Waals surface area contributed by atoms with Crippen molar-refractivity contribution in [3.63, 3.8) is 0 Å². The van der Waals surface area contributed by atoms with Crippen LogP contribution >= 0.6 is 31.9 Å². The molecular weight excluding hydrogens is 382 g/mol. The van der Waals surface area contributed by atoms with E-state index in [0.29, 0.717) is 6.54 Å². The molecule has 0 fully saturated rings. The van der Waals surface area contributed by atoms with Crippen molar-refractivity contribution in [2.75, 3.05) is 6.54 Å². The lowest BCUT2D eigenvalue weighted by Crippen LogP contribution is -2.17. The third kappa shape index (κ3) is 3.15. The molecule has 2 aromatic rings. The first-order valence-electron chi connectivity index (χ1n) is 6.73. The molecule has 0 aliphatic heterocycles. The SMILES string of the molecule is CCc1nn(C)c(CC(CN)c2ccccc2Br)c1Br. The summed E-state index contributed by atoms with van der Waals surface area (Å²) in [5.74, 6) is 0.280. The van der Waals surface area contributed by atoms with Gasteiger partial charge in [-0.1, -0.05) is 41.1 Å². The van der Waals surface area contributed by atoms with E-state index in [4.69, 9.17) is 5.73 Å². The first-order chi connectivity index (χ1) is 9.58. The summed E-state index contributed by atoms with van der Waals surface area (Å²) < 4.78 is 4.19. The number of nitrogens with two attached hydrogens (primary N) is 1. The Morgan fingerprint density at radius 3 is 2.55 bits per heavy atom. The zero-order valence-corrected chi connectivity index (χ0v) is 14.9. The maximum Gasteiger partial charge on any atom is 0.0766 e. The Hall–Kier alpha value is -0.650. The number of hydrogen-bond donors (Lipinski definition) is 1. The zero-order valence-electron chi connectivity index (χ0n) is 11.7. The first-order valence-corrected chi connectivity index (χ1v) is 8.31. The van der Waals surface area contributed by atoms with Crippen molar-refractivity contribution in [1.82, 2.24) is 9.78 Å². The molecule has 1 unspecified atom stereocenters. The molecule has 108 valence electrons. The number of halogens is 2. The van der Waals surface area contributed by atoms with Gasteiger partial charge in [0.2, 0.25) is 0 Å². The van der Waals surface area contributed by atoms with Gasteiger partial charge in [0.05, 0.1) is 15.9 Å². The van der Waals surface area contributed by atoms with Gasteiger partial charge in [0.1, 0.15) is 0 Å². The van der Waals surface area contributed by atoms with Crippen LogP contribution in [0, 0.1) is 0 Å². The van der Waals surface area contributed by atoms with Crippen LogP contribution in [-0.2, 0) is 19.9 Å². The molecule has 3 nitrogen and oxygen atoms in total. The lowest BCUT2D eigenvalue weighted by molar-refractivity contribution is 0.625. The van der Waals surface area contributed by atoms with E-state index in [-0.39, 0.29) is 5.92 Å². The molecule has 0 saturated carbocycles. The Morgan fingerprint density at radius 1 is 1.30 bits per heavy atom. The maximum atomic E-state index is 6.00. The monoisotopic (exact) mass is 399 g/mol. The fraction of sp³-hybridized carbons (Fsp3) is 0.400. The Labute approximate surface area is 136 Å². The average Bonchev–Trinajstić information content (AvgIpc) is 2.72. The molecule has 1 aromatic carbocycles. The maximum absolute atomic E-state index is 6.00. The highest BCUT2D eigenvalue weighted by molar-refractivity contribution is 9.10. The summed E-state index contributed by atoms with van der Waals surface area (Å²) in [7, 11) is 1.99. The van der Waals surface area contributed by atoms with Crippen molar-refractivity contribution in [3.8, 4) is 0 Å². The van der Waals surface area contributed by atoms with E-state index in [2.05, 4.69) is 62.1 Å². The third-order valence-electron chi connectivity index (χ3n) is 3.57. The van der Waals surface area contributed by atoms with Crippen LogP contribution in [0.5, 0.6) is 0 Å². The third-order valence-corrected chi connectivity index (χ3v) is 5.21. The van der Waals surface area contributed by atoms with E-state index in [0.717, 1.165) is 27.5 Å². The van der Waals surface area contributed by atoms with Crippen LogP contribution in [-0.4, -0.2) is 16.3 Å². The summed E-state index contributed by atoms with van der Waals surface area (Å²) in [5.41, 5.74) is 9.55. The molecule has 0 spiro atoms. The minimum Gasteiger partial charge on any atom is -0.330 e. The van der Waals surface area contributed by atoms with Crippen molar-refractivity contribution in [2.45, 2.75) is 25.7 Å². The predicted octanol–water partition coefficient (Wildman–Crippen LogP) is 3.79. The molecule has 0 aliphatic carbocycles. The van der Waals surface area contributed by atoms with Crippen LogP contribution in [0.3, 0.4) is 0 Å². The van der Waals surface area contributed by atoms with E-state index < -0.39 is 0 Å². The van der Waals surface area contributed by atoms with Gasteiger partial charge in [-0.15, -0.1) is 0 Å². The van der Waals surface area contributed by atoms with Crippen LogP contribution < -0.4 is 5.73 Å². The highest BCUT2D eigenvalue weighted by Gasteiger charge is 2.19. The van der Waals surface area contributed by atoms with Gasteiger partial charge in [-0.05, 0) is 46.9 Å². The normalized spacial score (nSPS) is 12.7. The first kappa shape index (κ1) is 15.7. The standard InChI is InChI=1S/C15H19Br2N3/c1-3-13-15(17)14(20(2)19-13)8-10(9-18)11-6-4-5-7-12(11)16/h4-7,10H,3,8-9,18H2,1-2H3. The molecule has 0 amide bonds. The van der Waals surface area contributed by atoms with Crippen molar-refractivity contribution in [1.29, 1.82) is 0 Å². The van der Waals surface area contributed by atoms with Crippen LogP contribution in [0.2, 0.25) is 0 Å². The van der Waals surface area contributed by atoms with Crippen LogP contribution in [0.25, 0.3) is 0 Å². The van der Waals surface area contributed by atoms with Crippen molar-refractivity contribution in [3.05, 3.63) is 50.2 Å².